The van der Waals surface area contributed by atoms with Crippen LogP contribution in [-0.4, -0.2) is 25.1 Å². The van der Waals surface area contributed by atoms with Crippen LogP contribution in [0.5, 0.6) is 5.75 Å². The second-order valence-corrected chi connectivity index (χ2v) is 4.57. The Morgan fingerprint density at radius 1 is 1.50 bits per heavy atom. The van der Waals surface area contributed by atoms with Crippen LogP contribution in [0.1, 0.15) is 19.4 Å². The second kappa shape index (κ2) is 8.18. The normalized spacial score (nSPS) is 10.2. The molecule has 4 nitrogen and oxygen atoms in total. The Morgan fingerprint density at radius 2 is 2.25 bits per heavy atom. The van der Waals surface area contributed by atoms with Crippen LogP contribution in [0.2, 0.25) is 0 Å². The van der Waals surface area contributed by atoms with Gasteiger partial charge in [-0.05, 0) is 17.7 Å². The highest BCUT2D eigenvalue weighted by atomic mass is 19.1. The van der Waals surface area contributed by atoms with Crippen LogP contribution in [0.4, 0.5) is 4.39 Å². The molecule has 0 aliphatic heterocycles. The van der Waals surface area contributed by atoms with Crippen molar-refractivity contribution in [2.75, 3.05) is 13.2 Å². The van der Waals surface area contributed by atoms with Crippen molar-refractivity contribution in [2.45, 2.75) is 26.4 Å². The number of nitrogens with one attached hydrogen (secondary N) is 2. The number of hydrogen-bond donors (Lipinski definition) is 2. The van der Waals surface area contributed by atoms with E-state index in [1.165, 1.54) is 12.1 Å². The van der Waals surface area contributed by atoms with Gasteiger partial charge in [0.2, 0.25) is 0 Å². The van der Waals surface area contributed by atoms with E-state index >= 15 is 0 Å². The first-order valence-corrected chi connectivity index (χ1v) is 6.37. The third-order valence-corrected chi connectivity index (χ3v) is 2.46. The summed E-state index contributed by atoms with van der Waals surface area (Å²) in [5.74, 6) is 1.45. The van der Waals surface area contributed by atoms with Crippen molar-refractivity contribution in [1.82, 2.24) is 10.6 Å². The summed E-state index contributed by atoms with van der Waals surface area (Å²) in [6.07, 6.45) is 5.00. The summed E-state index contributed by atoms with van der Waals surface area (Å²) in [6.45, 7) is 4.48. The highest BCUT2D eigenvalue weighted by Crippen LogP contribution is 2.18. The van der Waals surface area contributed by atoms with E-state index in [4.69, 9.17) is 11.2 Å². The fraction of sp³-hybridized carbons (Fsp3) is 0.400. The molecule has 0 spiro atoms. The maximum Gasteiger partial charge on any atom is 0.258 e. The number of rotatable bonds is 7. The average molecular weight is 278 g/mol. The molecule has 1 aromatic carbocycles. The molecule has 20 heavy (non-hydrogen) atoms. The summed E-state index contributed by atoms with van der Waals surface area (Å²) in [7, 11) is 0. The fourth-order valence-corrected chi connectivity index (χ4v) is 1.44. The minimum atomic E-state index is -0.488. The molecule has 0 atom stereocenters. The van der Waals surface area contributed by atoms with E-state index in [-0.39, 0.29) is 24.8 Å². The van der Waals surface area contributed by atoms with Gasteiger partial charge in [-0.1, -0.05) is 25.8 Å². The number of amides is 1. The predicted molar refractivity (Wildman–Crippen MR) is 75.7 cm³/mol. The molecule has 0 fully saturated rings. The monoisotopic (exact) mass is 278 g/mol. The first kappa shape index (κ1) is 16.0. The molecule has 0 radical (unpaired) electrons. The topological polar surface area (TPSA) is 50.4 Å². The molecule has 2 N–H and O–H groups in total. The lowest BCUT2D eigenvalue weighted by atomic mass is 10.2. The molecule has 0 saturated carbocycles. The van der Waals surface area contributed by atoms with E-state index in [1.54, 1.807) is 6.07 Å². The van der Waals surface area contributed by atoms with Crippen molar-refractivity contribution in [3.63, 3.8) is 0 Å². The zero-order valence-corrected chi connectivity index (χ0v) is 11.7. The summed E-state index contributed by atoms with van der Waals surface area (Å²) in [5, 5.41) is 5.63. The van der Waals surface area contributed by atoms with Crippen molar-refractivity contribution < 1.29 is 13.9 Å². The molecule has 0 heterocycles. The van der Waals surface area contributed by atoms with Crippen LogP contribution >= 0.6 is 0 Å². The minimum Gasteiger partial charge on any atom is -0.481 e. The molecular weight excluding hydrogens is 259 g/mol. The highest BCUT2D eigenvalue weighted by Gasteiger charge is 2.07. The Kier molecular flexibility index (Phi) is 6.54. The van der Waals surface area contributed by atoms with Gasteiger partial charge in [-0.2, -0.15) is 0 Å². The minimum absolute atomic E-state index is 0.0501. The molecule has 0 bridgehead atoms. The lowest BCUT2D eigenvalue weighted by Gasteiger charge is -2.10. The largest absolute Gasteiger partial charge is 0.481 e. The van der Waals surface area contributed by atoms with Crippen LogP contribution in [-0.2, 0) is 11.3 Å². The average Bonchev–Trinajstić information content (AvgIpc) is 2.41. The fourth-order valence-electron chi connectivity index (χ4n) is 1.44. The van der Waals surface area contributed by atoms with Crippen molar-refractivity contribution in [2.24, 2.45) is 0 Å². The van der Waals surface area contributed by atoms with Gasteiger partial charge in [0, 0.05) is 12.6 Å². The van der Waals surface area contributed by atoms with E-state index in [0.717, 1.165) is 5.56 Å². The summed E-state index contributed by atoms with van der Waals surface area (Å²) in [4.78, 5) is 11.3. The number of benzene rings is 1. The van der Waals surface area contributed by atoms with E-state index in [1.807, 2.05) is 13.8 Å². The molecular formula is C15H19FN2O2. The van der Waals surface area contributed by atoms with Gasteiger partial charge >= 0.3 is 0 Å². The Labute approximate surface area is 118 Å². The van der Waals surface area contributed by atoms with Gasteiger partial charge in [-0.3, -0.25) is 4.79 Å². The van der Waals surface area contributed by atoms with Gasteiger partial charge in [0.25, 0.3) is 5.91 Å². The Bertz CT molecular complexity index is 495. The van der Waals surface area contributed by atoms with Crippen LogP contribution < -0.4 is 15.4 Å². The van der Waals surface area contributed by atoms with Crippen LogP contribution in [0.3, 0.4) is 0 Å². The molecule has 5 heteroatoms. The Morgan fingerprint density at radius 3 is 2.85 bits per heavy atom. The molecule has 1 aromatic rings. The van der Waals surface area contributed by atoms with E-state index in [9.17, 15) is 9.18 Å². The van der Waals surface area contributed by atoms with E-state index < -0.39 is 5.82 Å². The third-order valence-electron chi connectivity index (χ3n) is 2.46. The molecule has 108 valence electrons. The summed E-state index contributed by atoms with van der Waals surface area (Å²) in [5.41, 5.74) is 0.820. The van der Waals surface area contributed by atoms with Gasteiger partial charge in [0.15, 0.2) is 18.2 Å². The number of halogens is 1. The van der Waals surface area contributed by atoms with Crippen LogP contribution in [0.15, 0.2) is 18.2 Å². The van der Waals surface area contributed by atoms with Gasteiger partial charge in [-0.15, -0.1) is 6.42 Å². The summed E-state index contributed by atoms with van der Waals surface area (Å²) in [6, 6.07) is 4.99. The number of terminal acetylenes is 1. The highest BCUT2D eigenvalue weighted by molar-refractivity contribution is 5.77. The SMILES string of the molecule is C#CCNC(=O)COc1ccc(CNC(C)C)cc1F. The molecule has 0 aromatic heterocycles. The number of hydrogen-bond acceptors (Lipinski definition) is 3. The number of carbonyl (C=O) groups is 1. The van der Waals surface area contributed by atoms with Crippen molar-refractivity contribution in [3.8, 4) is 18.1 Å². The molecule has 0 aliphatic carbocycles. The van der Waals surface area contributed by atoms with Gasteiger partial charge < -0.3 is 15.4 Å². The number of ether oxygens (including phenoxy) is 1. The summed E-state index contributed by atoms with van der Waals surface area (Å²) >= 11 is 0. The van der Waals surface area contributed by atoms with Crippen molar-refractivity contribution in [1.29, 1.82) is 0 Å². The molecule has 0 saturated heterocycles. The molecule has 1 rings (SSSR count). The van der Waals surface area contributed by atoms with E-state index in [2.05, 4.69) is 16.6 Å². The maximum absolute atomic E-state index is 13.8. The van der Waals surface area contributed by atoms with Crippen LogP contribution in [0, 0.1) is 18.2 Å². The third kappa shape index (κ3) is 5.72. The van der Waals surface area contributed by atoms with Gasteiger partial charge in [0.05, 0.1) is 6.54 Å². The molecule has 0 aliphatic rings. The first-order chi connectivity index (χ1) is 9.52. The zero-order chi connectivity index (χ0) is 15.0. The Balaban J connectivity index is 2.51. The molecule has 0 unspecified atom stereocenters. The van der Waals surface area contributed by atoms with Crippen molar-refractivity contribution in [3.05, 3.63) is 29.6 Å². The van der Waals surface area contributed by atoms with Crippen LogP contribution in [0.25, 0.3) is 0 Å². The molecule has 1 amide bonds. The second-order valence-electron chi connectivity index (χ2n) is 4.57. The Hall–Kier alpha value is -2.06. The smallest absolute Gasteiger partial charge is 0.258 e. The van der Waals surface area contributed by atoms with Gasteiger partial charge in [-0.25, -0.2) is 4.39 Å². The quantitative estimate of drug-likeness (QED) is 0.742. The van der Waals surface area contributed by atoms with Gasteiger partial charge in [0.1, 0.15) is 0 Å². The standard InChI is InChI=1S/C15H19FN2O2/c1-4-7-17-15(19)10-20-14-6-5-12(8-13(14)16)9-18-11(2)3/h1,5-6,8,11,18H,7,9-10H2,2-3H3,(H,17,19). The maximum atomic E-state index is 13.8. The first-order valence-electron chi connectivity index (χ1n) is 6.37. The van der Waals surface area contributed by atoms with Crippen molar-refractivity contribution >= 4 is 5.91 Å². The lowest BCUT2D eigenvalue weighted by Crippen LogP contribution is -2.29. The zero-order valence-electron chi connectivity index (χ0n) is 11.7. The van der Waals surface area contributed by atoms with E-state index in [0.29, 0.717) is 12.6 Å². The lowest BCUT2D eigenvalue weighted by molar-refractivity contribution is -0.122. The number of carbonyl (C=O) groups excluding carboxylic acids is 1. The predicted octanol–water partition coefficient (Wildman–Crippen LogP) is 1.45. The summed E-state index contributed by atoms with van der Waals surface area (Å²) < 4.78 is 18.9.